The van der Waals surface area contributed by atoms with Crippen LogP contribution in [0.2, 0.25) is 0 Å². The highest BCUT2D eigenvalue weighted by Gasteiger charge is 2.20. The van der Waals surface area contributed by atoms with E-state index in [1.165, 1.54) is 0 Å². The van der Waals surface area contributed by atoms with Crippen LogP contribution in [0.3, 0.4) is 0 Å². The Bertz CT molecular complexity index is 196. The van der Waals surface area contributed by atoms with Gasteiger partial charge in [0.15, 0.2) is 0 Å². The number of rotatable bonds is 6. The molecule has 0 aliphatic carbocycles. The van der Waals surface area contributed by atoms with Gasteiger partial charge < -0.3 is 11.1 Å². The van der Waals surface area contributed by atoms with E-state index in [0.29, 0.717) is 6.42 Å². The molecular weight excluding hydrogens is 174 g/mol. The van der Waals surface area contributed by atoms with Crippen molar-refractivity contribution in [3.63, 3.8) is 0 Å². The lowest BCUT2D eigenvalue weighted by atomic mass is 9.90. The molecule has 3 nitrogen and oxygen atoms in total. The average Bonchev–Trinajstić information content (AvgIpc) is 2.00. The van der Waals surface area contributed by atoms with E-state index in [1.807, 2.05) is 13.8 Å². The SMILES string of the molecule is CC(C)(N)CCC(C)(C)NCCC#N. The summed E-state index contributed by atoms with van der Waals surface area (Å²) >= 11 is 0. The van der Waals surface area contributed by atoms with Gasteiger partial charge in [-0.05, 0) is 40.5 Å². The third-order valence-electron chi connectivity index (χ3n) is 2.23. The van der Waals surface area contributed by atoms with Gasteiger partial charge in [0.05, 0.1) is 6.07 Å². The zero-order chi connectivity index (χ0) is 11.2. The Morgan fingerprint density at radius 2 is 1.79 bits per heavy atom. The Morgan fingerprint density at radius 3 is 2.21 bits per heavy atom. The summed E-state index contributed by atoms with van der Waals surface area (Å²) in [6.45, 7) is 9.14. The number of hydrogen-bond acceptors (Lipinski definition) is 3. The summed E-state index contributed by atoms with van der Waals surface area (Å²) in [4.78, 5) is 0. The molecule has 0 amide bonds. The van der Waals surface area contributed by atoms with Crippen molar-refractivity contribution < 1.29 is 0 Å². The van der Waals surface area contributed by atoms with Gasteiger partial charge in [-0.15, -0.1) is 0 Å². The van der Waals surface area contributed by atoms with E-state index in [4.69, 9.17) is 11.0 Å². The molecule has 0 unspecified atom stereocenters. The Balaban J connectivity index is 3.78. The van der Waals surface area contributed by atoms with Gasteiger partial charge in [-0.1, -0.05) is 0 Å². The van der Waals surface area contributed by atoms with Crippen LogP contribution in [0, 0.1) is 11.3 Å². The monoisotopic (exact) mass is 197 g/mol. The number of nitrogens with two attached hydrogens (primary N) is 1. The first-order valence-electron chi connectivity index (χ1n) is 5.18. The lowest BCUT2D eigenvalue weighted by Gasteiger charge is -2.29. The van der Waals surface area contributed by atoms with E-state index in [1.54, 1.807) is 0 Å². The Hall–Kier alpha value is -0.590. The predicted molar refractivity (Wildman–Crippen MR) is 59.8 cm³/mol. The van der Waals surface area contributed by atoms with E-state index < -0.39 is 0 Å². The highest BCUT2D eigenvalue weighted by atomic mass is 14.9. The molecule has 0 spiro atoms. The third kappa shape index (κ3) is 8.03. The van der Waals surface area contributed by atoms with Crippen molar-refractivity contribution in [2.24, 2.45) is 5.73 Å². The van der Waals surface area contributed by atoms with Crippen LogP contribution in [0.25, 0.3) is 0 Å². The molecule has 0 heterocycles. The first-order chi connectivity index (χ1) is 6.27. The number of nitrogens with zero attached hydrogens (tertiary/aromatic N) is 1. The maximum absolute atomic E-state index is 8.41. The van der Waals surface area contributed by atoms with Crippen molar-refractivity contribution in [2.75, 3.05) is 6.54 Å². The van der Waals surface area contributed by atoms with Crippen molar-refractivity contribution in [2.45, 2.75) is 58.0 Å². The number of hydrogen-bond donors (Lipinski definition) is 2. The molecule has 0 aliphatic heterocycles. The topological polar surface area (TPSA) is 61.8 Å². The van der Waals surface area contributed by atoms with Crippen LogP contribution < -0.4 is 11.1 Å². The molecule has 0 aromatic rings. The van der Waals surface area contributed by atoms with Crippen LogP contribution in [0.1, 0.15) is 47.0 Å². The molecule has 0 rings (SSSR count). The van der Waals surface area contributed by atoms with Crippen LogP contribution in [-0.2, 0) is 0 Å². The van der Waals surface area contributed by atoms with Gasteiger partial charge in [-0.3, -0.25) is 0 Å². The van der Waals surface area contributed by atoms with E-state index in [-0.39, 0.29) is 11.1 Å². The molecule has 14 heavy (non-hydrogen) atoms. The second-order valence-corrected chi connectivity index (χ2v) is 5.21. The zero-order valence-electron chi connectivity index (χ0n) is 9.85. The summed E-state index contributed by atoms with van der Waals surface area (Å²) in [7, 11) is 0. The molecule has 0 aromatic heterocycles. The standard InChI is InChI=1S/C11H23N3/c1-10(2,13)6-7-11(3,4)14-9-5-8-12/h14H,5-7,9,13H2,1-4H3. The van der Waals surface area contributed by atoms with E-state index >= 15 is 0 Å². The highest BCUT2D eigenvalue weighted by molar-refractivity contribution is 4.84. The predicted octanol–water partition coefficient (Wildman–Crippen LogP) is 1.79. The second-order valence-electron chi connectivity index (χ2n) is 5.21. The summed E-state index contributed by atoms with van der Waals surface area (Å²) < 4.78 is 0. The summed E-state index contributed by atoms with van der Waals surface area (Å²) in [5.41, 5.74) is 5.89. The Morgan fingerprint density at radius 1 is 1.21 bits per heavy atom. The number of nitrogens with one attached hydrogen (secondary N) is 1. The molecule has 0 radical (unpaired) electrons. The quantitative estimate of drug-likeness (QED) is 0.638. The molecule has 3 N–H and O–H groups in total. The van der Waals surface area contributed by atoms with E-state index in [0.717, 1.165) is 19.4 Å². The van der Waals surface area contributed by atoms with Crippen LogP contribution in [0.5, 0.6) is 0 Å². The van der Waals surface area contributed by atoms with Gasteiger partial charge in [0, 0.05) is 24.0 Å². The fraction of sp³-hybridized carbons (Fsp3) is 0.909. The molecule has 3 heteroatoms. The highest BCUT2D eigenvalue weighted by Crippen LogP contribution is 2.16. The molecule has 0 bridgehead atoms. The lowest BCUT2D eigenvalue weighted by molar-refractivity contribution is 0.317. The van der Waals surface area contributed by atoms with Gasteiger partial charge in [0.25, 0.3) is 0 Å². The van der Waals surface area contributed by atoms with Crippen molar-refractivity contribution >= 4 is 0 Å². The smallest absolute Gasteiger partial charge is 0.0635 e. The summed E-state index contributed by atoms with van der Waals surface area (Å²) in [5.74, 6) is 0. The molecule has 0 atom stereocenters. The van der Waals surface area contributed by atoms with Gasteiger partial charge in [-0.25, -0.2) is 0 Å². The van der Waals surface area contributed by atoms with Crippen LogP contribution in [0.4, 0.5) is 0 Å². The largest absolute Gasteiger partial charge is 0.326 e. The maximum atomic E-state index is 8.41. The Labute approximate surface area is 87.7 Å². The first kappa shape index (κ1) is 13.4. The minimum atomic E-state index is -0.103. The van der Waals surface area contributed by atoms with Crippen molar-refractivity contribution in [1.82, 2.24) is 5.32 Å². The third-order valence-corrected chi connectivity index (χ3v) is 2.23. The maximum Gasteiger partial charge on any atom is 0.0635 e. The van der Waals surface area contributed by atoms with Crippen LogP contribution in [0.15, 0.2) is 0 Å². The average molecular weight is 197 g/mol. The fourth-order valence-electron chi connectivity index (χ4n) is 1.18. The van der Waals surface area contributed by atoms with Crippen molar-refractivity contribution in [1.29, 1.82) is 5.26 Å². The van der Waals surface area contributed by atoms with Crippen molar-refractivity contribution in [3.05, 3.63) is 0 Å². The summed E-state index contributed by atoms with van der Waals surface area (Å²) in [5, 5.41) is 11.8. The summed E-state index contributed by atoms with van der Waals surface area (Å²) in [6, 6.07) is 2.13. The first-order valence-corrected chi connectivity index (χ1v) is 5.18. The van der Waals surface area contributed by atoms with Crippen molar-refractivity contribution in [3.8, 4) is 6.07 Å². The molecule has 0 aliphatic rings. The van der Waals surface area contributed by atoms with Gasteiger partial charge >= 0.3 is 0 Å². The minimum Gasteiger partial charge on any atom is -0.326 e. The van der Waals surface area contributed by atoms with Gasteiger partial charge in [0.2, 0.25) is 0 Å². The Kier molecular flexibility index (Phi) is 5.11. The van der Waals surface area contributed by atoms with E-state index in [2.05, 4.69) is 25.2 Å². The number of nitriles is 1. The molecular formula is C11H23N3. The molecule has 0 saturated carbocycles. The van der Waals surface area contributed by atoms with E-state index in [9.17, 15) is 0 Å². The van der Waals surface area contributed by atoms with Crippen LogP contribution >= 0.6 is 0 Å². The molecule has 0 saturated heterocycles. The van der Waals surface area contributed by atoms with Gasteiger partial charge in [0.1, 0.15) is 0 Å². The second kappa shape index (κ2) is 5.33. The molecule has 0 fully saturated rings. The van der Waals surface area contributed by atoms with Gasteiger partial charge in [-0.2, -0.15) is 5.26 Å². The van der Waals surface area contributed by atoms with Crippen LogP contribution in [-0.4, -0.2) is 17.6 Å². The normalized spacial score (nSPS) is 12.6. The fourth-order valence-corrected chi connectivity index (χ4v) is 1.18. The minimum absolute atomic E-state index is 0.0769. The summed E-state index contributed by atoms with van der Waals surface area (Å²) in [6.07, 6.45) is 2.58. The lowest BCUT2D eigenvalue weighted by Crippen LogP contribution is -2.43. The molecule has 82 valence electrons. The zero-order valence-corrected chi connectivity index (χ0v) is 9.85. The molecule has 0 aromatic carbocycles.